The standard InChI is InChI=1S/C23H27N3O3/c1-3-17(18-8-5-4-6-9-18)16-24-21(27)10-7-11-22-25-23(26-29-22)19-12-14-20(28-2)15-13-19/h4-6,8-9,12-15,17H,3,7,10-11,16H2,1-2H3,(H,24,27). The third-order valence-corrected chi connectivity index (χ3v) is 4.92. The lowest BCUT2D eigenvalue weighted by atomic mass is 9.96. The number of hydrogen-bond acceptors (Lipinski definition) is 5. The fraction of sp³-hybridized carbons (Fsp3) is 0.348. The molecule has 0 aliphatic heterocycles. The molecule has 0 bridgehead atoms. The van der Waals surface area contributed by atoms with Gasteiger partial charge in [0.05, 0.1) is 7.11 Å². The van der Waals surface area contributed by atoms with Crippen molar-refractivity contribution in [2.75, 3.05) is 13.7 Å². The van der Waals surface area contributed by atoms with Crippen molar-refractivity contribution in [2.24, 2.45) is 0 Å². The molecule has 1 atom stereocenters. The SMILES string of the molecule is CCC(CNC(=O)CCCc1nc(-c2ccc(OC)cc2)no1)c1ccccc1. The number of ether oxygens (including phenoxy) is 1. The van der Waals surface area contributed by atoms with Crippen LogP contribution in [0.5, 0.6) is 5.75 Å². The summed E-state index contributed by atoms with van der Waals surface area (Å²) in [5.74, 6) is 2.25. The minimum atomic E-state index is 0.0503. The molecule has 0 saturated carbocycles. The van der Waals surface area contributed by atoms with Crippen molar-refractivity contribution < 1.29 is 14.1 Å². The first-order valence-electron chi connectivity index (χ1n) is 9.98. The summed E-state index contributed by atoms with van der Waals surface area (Å²) in [7, 11) is 1.63. The van der Waals surface area contributed by atoms with E-state index in [0.717, 1.165) is 17.7 Å². The highest BCUT2D eigenvalue weighted by Crippen LogP contribution is 2.20. The van der Waals surface area contributed by atoms with Gasteiger partial charge in [-0.3, -0.25) is 4.79 Å². The van der Waals surface area contributed by atoms with Crippen LogP contribution in [0.25, 0.3) is 11.4 Å². The number of rotatable bonds is 10. The smallest absolute Gasteiger partial charge is 0.226 e. The molecule has 0 spiro atoms. The van der Waals surface area contributed by atoms with Crippen LogP contribution in [0.4, 0.5) is 0 Å². The van der Waals surface area contributed by atoms with Gasteiger partial charge in [-0.05, 0) is 42.7 Å². The molecule has 0 saturated heterocycles. The first kappa shape index (κ1) is 20.6. The summed E-state index contributed by atoms with van der Waals surface area (Å²) < 4.78 is 10.5. The van der Waals surface area contributed by atoms with Crippen molar-refractivity contribution in [1.29, 1.82) is 0 Å². The van der Waals surface area contributed by atoms with E-state index in [1.54, 1.807) is 7.11 Å². The Hall–Kier alpha value is -3.15. The lowest BCUT2D eigenvalue weighted by Crippen LogP contribution is -2.28. The summed E-state index contributed by atoms with van der Waals surface area (Å²) in [5.41, 5.74) is 2.12. The largest absolute Gasteiger partial charge is 0.497 e. The number of carbonyl (C=O) groups excluding carboxylic acids is 1. The molecule has 3 aromatic rings. The van der Waals surface area contributed by atoms with E-state index in [4.69, 9.17) is 9.26 Å². The Morgan fingerprint density at radius 2 is 1.90 bits per heavy atom. The van der Waals surface area contributed by atoms with Gasteiger partial charge >= 0.3 is 0 Å². The Morgan fingerprint density at radius 3 is 2.59 bits per heavy atom. The molecular formula is C23H27N3O3. The number of hydrogen-bond donors (Lipinski definition) is 1. The highest BCUT2D eigenvalue weighted by Gasteiger charge is 2.12. The van der Waals surface area contributed by atoms with Crippen molar-refractivity contribution >= 4 is 5.91 Å². The second-order valence-corrected chi connectivity index (χ2v) is 6.91. The van der Waals surface area contributed by atoms with Gasteiger partial charge in [0, 0.05) is 30.9 Å². The number of nitrogens with one attached hydrogen (secondary N) is 1. The van der Waals surface area contributed by atoms with Gasteiger partial charge in [-0.15, -0.1) is 0 Å². The lowest BCUT2D eigenvalue weighted by Gasteiger charge is -2.16. The number of benzene rings is 2. The van der Waals surface area contributed by atoms with Crippen molar-refractivity contribution in [3.63, 3.8) is 0 Å². The summed E-state index contributed by atoms with van der Waals surface area (Å²) in [6, 6.07) is 17.8. The van der Waals surface area contributed by atoms with Gasteiger partial charge < -0.3 is 14.6 Å². The van der Waals surface area contributed by atoms with E-state index in [-0.39, 0.29) is 5.91 Å². The van der Waals surface area contributed by atoms with Crippen molar-refractivity contribution in [1.82, 2.24) is 15.5 Å². The topological polar surface area (TPSA) is 77.2 Å². The Bertz CT molecular complexity index is 891. The second kappa shape index (κ2) is 10.4. The van der Waals surface area contributed by atoms with Crippen LogP contribution in [0, 0.1) is 0 Å². The molecule has 3 rings (SSSR count). The lowest BCUT2D eigenvalue weighted by molar-refractivity contribution is -0.121. The summed E-state index contributed by atoms with van der Waals surface area (Å²) in [6.07, 6.45) is 2.66. The molecule has 1 heterocycles. The van der Waals surface area contributed by atoms with Gasteiger partial charge in [0.25, 0.3) is 0 Å². The van der Waals surface area contributed by atoms with E-state index < -0.39 is 0 Å². The normalized spacial score (nSPS) is 11.8. The molecule has 29 heavy (non-hydrogen) atoms. The van der Waals surface area contributed by atoms with Gasteiger partial charge in [-0.2, -0.15) is 4.98 Å². The van der Waals surface area contributed by atoms with Gasteiger partial charge in [-0.1, -0.05) is 42.4 Å². The van der Waals surface area contributed by atoms with Crippen molar-refractivity contribution in [3.8, 4) is 17.1 Å². The molecule has 0 radical (unpaired) electrons. The number of aromatic nitrogens is 2. The highest BCUT2D eigenvalue weighted by atomic mass is 16.5. The van der Waals surface area contributed by atoms with Crippen molar-refractivity contribution in [2.45, 2.75) is 38.5 Å². The molecule has 0 aliphatic rings. The first-order chi connectivity index (χ1) is 14.2. The van der Waals surface area contributed by atoms with Crippen LogP contribution in [0.2, 0.25) is 0 Å². The molecular weight excluding hydrogens is 366 g/mol. The van der Waals surface area contributed by atoms with Crippen LogP contribution in [-0.4, -0.2) is 29.7 Å². The molecule has 1 aromatic heterocycles. The Kier molecular flexibility index (Phi) is 7.39. The van der Waals surface area contributed by atoms with Crippen LogP contribution >= 0.6 is 0 Å². The van der Waals surface area contributed by atoms with Gasteiger partial charge in [0.2, 0.25) is 17.6 Å². The molecule has 0 aliphatic carbocycles. The maximum Gasteiger partial charge on any atom is 0.226 e. The summed E-state index contributed by atoms with van der Waals surface area (Å²) in [5, 5.41) is 7.06. The van der Waals surface area contributed by atoms with E-state index in [1.165, 1.54) is 5.56 Å². The first-order valence-corrected chi connectivity index (χ1v) is 9.98. The fourth-order valence-electron chi connectivity index (χ4n) is 3.16. The predicted octanol–water partition coefficient (Wildman–Crippen LogP) is 4.38. The van der Waals surface area contributed by atoms with Crippen LogP contribution in [0.1, 0.15) is 43.6 Å². The van der Waals surface area contributed by atoms with E-state index in [0.29, 0.717) is 43.4 Å². The average molecular weight is 393 g/mol. The molecule has 6 nitrogen and oxygen atoms in total. The Morgan fingerprint density at radius 1 is 1.14 bits per heavy atom. The van der Waals surface area contributed by atoms with Gasteiger partial charge in [0.15, 0.2) is 0 Å². The molecule has 0 fully saturated rings. The molecule has 2 aromatic carbocycles. The summed E-state index contributed by atoms with van der Waals surface area (Å²) in [6.45, 7) is 2.79. The Labute approximate surface area is 171 Å². The zero-order valence-electron chi connectivity index (χ0n) is 16.9. The Balaban J connectivity index is 1.42. The molecule has 1 amide bonds. The number of nitrogens with zero attached hydrogens (tertiary/aromatic N) is 2. The third kappa shape index (κ3) is 5.91. The van der Waals surface area contributed by atoms with E-state index in [2.05, 4.69) is 34.5 Å². The highest BCUT2D eigenvalue weighted by molar-refractivity contribution is 5.75. The quantitative estimate of drug-likeness (QED) is 0.553. The monoisotopic (exact) mass is 393 g/mol. The van der Waals surface area contributed by atoms with E-state index >= 15 is 0 Å². The maximum absolute atomic E-state index is 12.2. The van der Waals surface area contributed by atoms with Gasteiger partial charge in [0.1, 0.15) is 5.75 Å². The van der Waals surface area contributed by atoms with Crippen LogP contribution in [0.3, 0.4) is 0 Å². The summed E-state index contributed by atoms with van der Waals surface area (Å²) in [4.78, 5) is 16.6. The number of methoxy groups -OCH3 is 1. The minimum Gasteiger partial charge on any atom is -0.497 e. The molecule has 6 heteroatoms. The maximum atomic E-state index is 12.2. The third-order valence-electron chi connectivity index (χ3n) is 4.92. The average Bonchev–Trinajstić information content (AvgIpc) is 3.24. The molecule has 152 valence electrons. The van der Waals surface area contributed by atoms with Gasteiger partial charge in [-0.25, -0.2) is 0 Å². The second-order valence-electron chi connectivity index (χ2n) is 6.91. The fourth-order valence-corrected chi connectivity index (χ4v) is 3.16. The number of carbonyl (C=O) groups is 1. The zero-order valence-corrected chi connectivity index (χ0v) is 16.9. The van der Waals surface area contributed by atoms with Crippen LogP contribution in [-0.2, 0) is 11.2 Å². The molecule has 1 unspecified atom stereocenters. The number of amides is 1. The molecule has 1 N–H and O–H groups in total. The van der Waals surface area contributed by atoms with Crippen molar-refractivity contribution in [3.05, 3.63) is 66.1 Å². The van der Waals surface area contributed by atoms with Crippen LogP contribution < -0.4 is 10.1 Å². The van der Waals surface area contributed by atoms with E-state index in [1.807, 2.05) is 42.5 Å². The zero-order chi connectivity index (χ0) is 20.5. The number of aryl methyl sites for hydroxylation is 1. The summed E-state index contributed by atoms with van der Waals surface area (Å²) >= 11 is 0. The minimum absolute atomic E-state index is 0.0503. The predicted molar refractivity (Wildman–Crippen MR) is 112 cm³/mol. The van der Waals surface area contributed by atoms with Crippen LogP contribution in [0.15, 0.2) is 59.1 Å². The van der Waals surface area contributed by atoms with E-state index in [9.17, 15) is 4.79 Å².